The Labute approximate surface area is 170 Å². The Morgan fingerprint density at radius 3 is 2.69 bits per heavy atom. The maximum atomic E-state index is 12.5. The highest BCUT2D eigenvalue weighted by Gasteiger charge is 2.30. The molecule has 0 radical (unpaired) electrons. The summed E-state index contributed by atoms with van der Waals surface area (Å²) in [6.07, 6.45) is 3.35. The Hall–Kier alpha value is -2.46. The van der Waals surface area contributed by atoms with Crippen LogP contribution in [0.25, 0.3) is 0 Å². The molecule has 9 nitrogen and oxygen atoms in total. The zero-order valence-corrected chi connectivity index (χ0v) is 17.6. The lowest BCUT2D eigenvalue weighted by molar-refractivity contribution is -0.121. The number of amides is 1. The maximum Gasteiger partial charge on any atom is 0.346 e. The van der Waals surface area contributed by atoms with Crippen molar-refractivity contribution in [1.29, 1.82) is 0 Å². The van der Waals surface area contributed by atoms with Gasteiger partial charge >= 0.3 is 5.69 Å². The number of nitrogens with zero attached hydrogens (tertiary/aromatic N) is 4. The molecule has 1 saturated heterocycles. The Balaban J connectivity index is 1.62. The van der Waals surface area contributed by atoms with E-state index in [2.05, 4.69) is 10.4 Å². The SMILES string of the molecule is Cn1c([C@H]2CCCN(S(C)(=O)=O)C2)nn(CC(=O)NCCc2ccccc2)c1=O. The molecule has 0 aliphatic carbocycles. The summed E-state index contributed by atoms with van der Waals surface area (Å²) in [5, 5.41) is 7.15. The third-order valence-corrected chi connectivity index (χ3v) is 6.43. The fourth-order valence-electron chi connectivity index (χ4n) is 3.60. The summed E-state index contributed by atoms with van der Waals surface area (Å²) in [5.74, 6) is 0.0630. The van der Waals surface area contributed by atoms with Crippen molar-refractivity contribution in [2.45, 2.75) is 31.7 Å². The maximum absolute atomic E-state index is 12.5. The van der Waals surface area contributed by atoms with E-state index in [0.29, 0.717) is 38.3 Å². The molecule has 1 aliphatic heterocycles. The molecule has 1 amide bonds. The average Bonchev–Trinajstić information content (AvgIpc) is 2.97. The number of hydrogen-bond acceptors (Lipinski definition) is 5. The second kappa shape index (κ2) is 8.91. The van der Waals surface area contributed by atoms with Crippen molar-refractivity contribution >= 4 is 15.9 Å². The molecule has 1 fully saturated rings. The molecule has 1 N–H and O–H groups in total. The van der Waals surface area contributed by atoms with Gasteiger partial charge in [-0.1, -0.05) is 30.3 Å². The molecule has 2 aromatic rings. The fourth-order valence-corrected chi connectivity index (χ4v) is 4.51. The lowest BCUT2D eigenvalue weighted by Gasteiger charge is -2.30. The Morgan fingerprint density at radius 2 is 2.00 bits per heavy atom. The Kier molecular flexibility index (Phi) is 6.53. The Bertz CT molecular complexity index is 1010. The van der Waals surface area contributed by atoms with Crippen LogP contribution in [0.3, 0.4) is 0 Å². The van der Waals surface area contributed by atoms with Crippen LogP contribution in [0.15, 0.2) is 35.1 Å². The summed E-state index contributed by atoms with van der Waals surface area (Å²) >= 11 is 0. The molecule has 1 aliphatic rings. The number of rotatable bonds is 7. The molecule has 29 heavy (non-hydrogen) atoms. The number of carbonyl (C=O) groups excluding carboxylic acids is 1. The van der Waals surface area contributed by atoms with Crippen molar-refractivity contribution in [2.24, 2.45) is 7.05 Å². The van der Waals surface area contributed by atoms with Crippen LogP contribution in [0.1, 0.15) is 30.1 Å². The normalized spacial score (nSPS) is 17.9. The molecule has 0 bridgehead atoms. The van der Waals surface area contributed by atoms with Gasteiger partial charge in [0.05, 0.1) is 6.26 Å². The largest absolute Gasteiger partial charge is 0.354 e. The minimum Gasteiger partial charge on any atom is -0.354 e. The molecule has 2 heterocycles. The third kappa shape index (κ3) is 5.33. The van der Waals surface area contributed by atoms with E-state index >= 15 is 0 Å². The first-order valence-electron chi connectivity index (χ1n) is 9.65. The predicted octanol–water partition coefficient (Wildman–Crippen LogP) is 0.0797. The first-order chi connectivity index (χ1) is 13.8. The van der Waals surface area contributed by atoms with E-state index in [9.17, 15) is 18.0 Å². The van der Waals surface area contributed by atoms with E-state index in [0.717, 1.165) is 16.7 Å². The highest BCUT2D eigenvalue weighted by molar-refractivity contribution is 7.88. The second-order valence-electron chi connectivity index (χ2n) is 7.40. The first kappa shape index (κ1) is 21.3. The van der Waals surface area contributed by atoms with Crippen molar-refractivity contribution < 1.29 is 13.2 Å². The number of piperidine rings is 1. The molecule has 1 atom stereocenters. The van der Waals surface area contributed by atoms with Crippen LogP contribution in [-0.2, 0) is 34.8 Å². The summed E-state index contributed by atoms with van der Waals surface area (Å²) in [6, 6.07) is 9.82. The third-order valence-electron chi connectivity index (χ3n) is 5.16. The summed E-state index contributed by atoms with van der Waals surface area (Å²) in [4.78, 5) is 24.7. The van der Waals surface area contributed by atoms with E-state index in [1.807, 2.05) is 30.3 Å². The average molecular weight is 422 g/mol. The van der Waals surface area contributed by atoms with Gasteiger partial charge in [-0.2, -0.15) is 5.10 Å². The van der Waals surface area contributed by atoms with Crippen LogP contribution in [0.2, 0.25) is 0 Å². The zero-order chi connectivity index (χ0) is 21.0. The van der Waals surface area contributed by atoms with E-state index in [-0.39, 0.29) is 24.1 Å². The number of benzene rings is 1. The Morgan fingerprint density at radius 1 is 1.28 bits per heavy atom. The molecule has 0 unspecified atom stereocenters. The molecule has 1 aromatic carbocycles. The van der Waals surface area contributed by atoms with Gasteiger partial charge < -0.3 is 5.32 Å². The summed E-state index contributed by atoms with van der Waals surface area (Å²) in [5.41, 5.74) is 0.743. The number of hydrogen-bond donors (Lipinski definition) is 1. The molecule has 158 valence electrons. The molecule has 0 spiro atoms. The van der Waals surface area contributed by atoms with E-state index in [4.69, 9.17) is 0 Å². The highest BCUT2D eigenvalue weighted by Crippen LogP contribution is 2.26. The molecular weight excluding hydrogens is 394 g/mol. The summed E-state index contributed by atoms with van der Waals surface area (Å²) in [6.45, 7) is 1.09. The van der Waals surface area contributed by atoms with Gasteiger partial charge in [0.15, 0.2) is 0 Å². The monoisotopic (exact) mass is 421 g/mol. The summed E-state index contributed by atoms with van der Waals surface area (Å²) in [7, 11) is -1.68. The minimum absolute atomic E-state index is 0.163. The van der Waals surface area contributed by atoms with Crippen LogP contribution in [-0.4, -0.2) is 58.9 Å². The molecular formula is C19H27N5O4S. The van der Waals surface area contributed by atoms with Gasteiger partial charge in [-0.3, -0.25) is 9.36 Å². The number of nitrogens with one attached hydrogen (secondary N) is 1. The smallest absolute Gasteiger partial charge is 0.346 e. The van der Waals surface area contributed by atoms with Gasteiger partial charge in [0, 0.05) is 32.6 Å². The second-order valence-corrected chi connectivity index (χ2v) is 9.39. The number of sulfonamides is 1. The molecule has 0 saturated carbocycles. The summed E-state index contributed by atoms with van der Waals surface area (Å²) < 4.78 is 27.7. The standard InChI is InChI=1S/C19H27N5O4S/c1-22-18(16-9-6-12-23(13-16)29(2,27)28)21-24(19(22)26)14-17(25)20-11-10-15-7-4-3-5-8-15/h3-5,7-8,16H,6,9-14H2,1-2H3,(H,20,25)/t16-/m0/s1. The van der Waals surface area contributed by atoms with Crippen molar-refractivity contribution in [2.75, 3.05) is 25.9 Å². The van der Waals surface area contributed by atoms with Crippen molar-refractivity contribution in [3.05, 3.63) is 52.2 Å². The first-order valence-corrected chi connectivity index (χ1v) is 11.5. The quantitative estimate of drug-likeness (QED) is 0.681. The molecule has 3 rings (SSSR count). The fraction of sp³-hybridized carbons (Fsp3) is 0.526. The van der Waals surface area contributed by atoms with Crippen LogP contribution in [0.4, 0.5) is 0 Å². The highest BCUT2D eigenvalue weighted by atomic mass is 32.2. The van der Waals surface area contributed by atoms with Gasteiger partial charge in [0.2, 0.25) is 15.9 Å². The predicted molar refractivity (Wildman–Crippen MR) is 109 cm³/mol. The van der Waals surface area contributed by atoms with Crippen LogP contribution in [0.5, 0.6) is 0 Å². The van der Waals surface area contributed by atoms with Crippen LogP contribution in [0, 0.1) is 0 Å². The minimum atomic E-state index is -3.29. The lowest BCUT2D eigenvalue weighted by atomic mass is 9.99. The van der Waals surface area contributed by atoms with E-state index in [1.54, 1.807) is 7.05 Å². The van der Waals surface area contributed by atoms with Gasteiger partial charge in [0.25, 0.3) is 0 Å². The molecule has 10 heteroatoms. The lowest BCUT2D eigenvalue weighted by Crippen LogP contribution is -2.39. The molecule has 1 aromatic heterocycles. The number of aromatic nitrogens is 3. The topological polar surface area (TPSA) is 106 Å². The van der Waals surface area contributed by atoms with Crippen molar-refractivity contribution in [3.8, 4) is 0 Å². The van der Waals surface area contributed by atoms with Gasteiger partial charge in [-0.15, -0.1) is 0 Å². The van der Waals surface area contributed by atoms with Crippen LogP contribution >= 0.6 is 0 Å². The van der Waals surface area contributed by atoms with E-state index in [1.165, 1.54) is 15.1 Å². The van der Waals surface area contributed by atoms with Gasteiger partial charge in [-0.05, 0) is 24.8 Å². The number of carbonyl (C=O) groups is 1. The van der Waals surface area contributed by atoms with Gasteiger partial charge in [0.1, 0.15) is 12.4 Å². The van der Waals surface area contributed by atoms with Crippen molar-refractivity contribution in [1.82, 2.24) is 24.0 Å². The van der Waals surface area contributed by atoms with Crippen LogP contribution < -0.4 is 11.0 Å². The van der Waals surface area contributed by atoms with Gasteiger partial charge in [-0.25, -0.2) is 22.2 Å². The van der Waals surface area contributed by atoms with E-state index < -0.39 is 10.0 Å². The zero-order valence-electron chi connectivity index (χ0n) is 16.7. The van der Waals surface area contributed by atoms with Crippen molar-refractivity contribution in [3.63, 3.8) is 0 Å².